The fourth-order valence-corrected chi connectivity index (χ4v) is 3.26. The second kappa shape index (κ2) is 6.57. The molecule has 1 saturated carbocycles. The number of rotatable bonds is 5. The maximum absolute atomic E-state index is 13.4. The fraction of sp³-hybridized carbons (Fsp3) is 0.588. The minimum Gasteiger partial charge on any atom is -0.390 e. The van der Waals surface area contributed by atoms with Crippen LogP contribution in [-0.2, 0) is 6.18 Å². The molecular formula is C17H20F4N2O2. The van der Waals surface area contributed by atoms with E-state index in [1.807, 2.05) is 0 Å². The van der Waals surface area contributed by atoms with Gasteiger partial charge in [-0.25, -0.2) is 4.39 Å². The average Bonchev–Trinajstić information content (AvgIpc) is 3.33. The molecule has 4 nitrogen and oxygen atoms in total. The van der Waals surface area contributed by atoms with Gasteiger partial charge in [-0.15, -0.1) is 0 Å². The molecule has 1 aliphatic carbocycles. The number of alkyl halides is 3. The predicted octanol–water partition coefficient (Wildman–Crippen LogP) is 2.37. The maximum Gasteiger partial charge on any atom is 0.419 e. The molecule has 25 heavy (non-hydrogen) atoms. The van der Waals surface area contributed by atoms with Gasteiger partial charge in [-0.3, -0.25) is 9.69 Å². The maximum atomic E-state index is 13.4. The standard InChI is InChI=1S/C17H20F4N2O2/c1-22(9-15(10-2-3-10)23-7-12(24)8-23)16(25)11-4-5-14(18)13(6-11)17(19,20)21/h4-6,10,12,15,24H,2-3,7-9H2,1H3. The van der Waals surface area contributed by atoms with E-state index in [-0.39, 0.29) is 17.7 Å². The van der Waals surface area contributed by atoms with Gasteiger partial charge in [0.25, 0.3) is 5.91 Å². The van der Waals surface area contributed by atoms with Gasteiger partial charge in [0, 0.05) is 38.3 Å². The van der Waals surface area contributed by atoms with E-state index >= 15 is 0 Å². The molecule has 3 rings (SSSR count). The van der Waals surface area contributed by atoms with Crippen molar-refractivity contribution < 1.29 is 27.5 Å². The van der Waals surface area contributed by atoms with Crippen LogP contribution in [-0.4, -0.2) is 59.6 Å². The molecule has 0 radical (unpaired) electrons. The molecular weight excluding hydrogens is 340 g/mol. The predicted molar refractivity (Wildman–Crippen MR) is 82.5 cm³/mol. The molecule has 8 heteroatoms. The first-order valence-corrected chi connectivity index (χ1v) is 8.21. The third-order valence-electron chi connectivity index (χ3n) is 4.85. The van der Waals surface area contributed by atoms with E-state index in [1.165, 1.54) is 11.9 Å². The van der Waals surface area contributed by atoms with Crippen LogP contribution in [0, 0.1) is 11.7 Å². The lowest BCUT2D eigenvalue weighted by molar-refractivity contribution is -0.140. The number of carbonyl (C=O) groups is 1. The van der Waals surface area contributed by atoms with Crippen molar-refractivity contribution >= 4 is 5.91 Å². The number of likely N-dealkylation sites (N-methyl/N-ethyl adjacent to an activating group) is 1. The highest BCUT2D eigenvalue weighted by molar-refractivity contribution is 5.94. The van der Waals surface area contributed by atoms with Gasteiger partial charge in [0.2, 0.25) is 0 Å². The zero-order valence-corrected chi connectivity index (χ0v) is 13.8. The average molecular weight is 360 g/mol. The Morgan fingerprint density at radius 3 is 2.52 bits per heavy atom. The molecule has 0 spiro atoms. The summed E-state index contributed by atoms with van der Waals surface area (Å²) < 4.78 is 51.8. The number of carbonyl (C=O) groups excluding carboxylic acids is 1. The number of benzene rings is 1. The van der Waals surface area contributed by atoms with Crippen LogP contribution in [0.5, 0.6) is 0 Å². The van der Waals surface area contributed by atoms with E-state index in [0.29, 0.717) is 37.7 Å². The van der Waals surface area contributed by atoms with Crippen molar-refractivity contribution in [2.24, 2.45) is 5.92 Å². The molecule has 1 unspecified atom stereocenters. The summed E-state index contributed by atoms with van der Waals surface area (Å²) in [6.45, 7) is 1.48. The molecule has 1 heterocycles. The largest absolute Gasteiger partial charge is 0.419 e. The van der Waals surface area contributed by atoms with Crippen LogP contribution in [0.2, 0.25) is 0 Å². The summed E-state index contributed by atoms with van der Waals surface area (Å²) in [5.41, 5.74) is -1.62. The van der Waals surface area contributed by atoms with Crippen molar-refractivity contribution in [1.82, 2.24) is 9.80 Å². The van der Waals surface area contributed by atoms with E-state index in [9.17, 15) is 27.5 Å². The molecule has 1 aromatic carbocycles. The van der Waals surface area contributed by atoms with Gasteiger partial charge in [-0.2, -0.15) is 13.2 Å². The number of β-amino-alcohol motifs (C(OH)–C–C–N with tert-alkyl or cyclic N) is 1. The van der Waals surface area contributed by atoms with E-state index < -0.39 is 23.5 Å². The molecule has 1 atom stereocenters. The molecule has 138 valence electrons. The van der Waals surface area contributed by atoms with Gasteiger partial charge in [0.1, 0.15) is 5.82 Å². The number of likely N-dealkylation sites (tertiary alicyclic amines) is 1. The van der Waals surface area contributed by atoms with Crippen LogP contribution in [0.25, 0.3) is 0 Å². The Hall–Kier alpha value is -1.67. The van der Waals surface area contributed by atoms with Crippen molar-refractivity contribution in [2.75, 3.05) is 26.7 Å². The van der Waals surface area contributed by atoms with Crippen LogP contribution >= 0.6 is 0 Å². The van der Waals surface area contributed by atoms with E-state index in [4.69, 9.17) is 0 Å². The monoisotopic (exact) mass is 360 g/mol. The number of hydrogen-bond acceptors (Lipinski definition) is 3. The third kappa shape index (κ3) is 3.95. The molecule has 0 aromatic heterocycles. The van der Waals surface area contributed by atoms with Gasteiger partial charge >= 0.3 is 6.18 Å². The van der Waals surface area contributed by atoms with Gasteiger partial charge < -0.3 is 10.0 Å². The van der Waals surface area contributed by atoms with Gasteiger partial charge in [0.15, 0.2) is 0 Å². The first-order valence-electron chi connectivity index (χ1n) is 8.21. The topological polar surface area (TPSA) is 43.8 Å². The smallest absolute Gasteiger partial charge is 0.390 e. The number of amides is 1. The van der Waals surface area contributed by atoms with Crippen LogP contribution in [0.3, 0.4) is 0 Å². The summed E-state index contributed by atoms with van der Waals surface area (Å²) in [6.07, 6.45) is -3.10. The molecule has 0 bridgehead atoms. The zero-order chi connectivity index (χ0) is 18.4. The number of aliphatic hydroxyl groups is 1. The van der Waals surface area contributed by atoms with Crippen LogP contribution < -0.4 is 0 Å². The number of hydrogen-bond donors (Lipinski definition) is 1. The fourth-order valence-electron chi connectivity index (χ4n) is 3.26. The summed E-state index contributed by atoms with van der Waals surface area (Å²) >= 11 is 0. The number of nitrogens with zero attached hydrogens (tertiary/aromatic N) is 2. The summed E-state index contributed by atoms with van der Waals surface area (Å²) in [5, 5.41) is 9.46. The molecule has 1 saturated heterocycles. The lowest BCUT2D eigenvalue weighted by Crippen LogP contribution is -2.59. The zero-order valence-electron chi connectivity index (χ0n) is 13.8. The van der Waals surface area contributed by atoms with Crippen LogP contribution in [0.4, 0.5) is 17.6 Å². The highest BCUT2D eigenvalue weighted by Crippen LogP contribution is 2.37. The van der Waals surface area contributed by atoms with Crippen LogP contribution in [0.15, 0.2) is 18.2 Å². The molecule has 1 aliphatic heterocycles. The summed E-state index contributed by atoms with van der Waals surface area (Å²) in [7, 11) is 1.53. The lowest BCUT2D eigenvalue weighted by atomic mass is 10.0. The van der Waals surface area contributed by atoms with Crippen molar-refractivity contribution in [3.8, 4) is 0 Å². The minimum absolute atomic E-state index is 0.0971. The Morgan fingerprint density at radius 2 is 2.00 bits per heavy atom. The molecule has 1 aromatic rings. The molecule has 2 fully saturated rings. The Labute approximate surface area is 143 Å². The molecule has 1 N–H and O–H groups in total. The van der Waals surface area contributed by atoms with E-state index in [2.05, 4.69) is 4.90 Å². The Balaban J connectivity index is 1.71. The van der Waals surface area contributed by atoms with E-state index in [1.54, 1.807) is 0 Å². The van der Waals surface area contributed by atoms with Gasteiger partial charge in [-0.05, 0) is 37.0 Å². The quantitative estimate of drug-likeness (QED) is 0.820. The van der Waals surface area contributed by atoms with Crippen LogP contribution in [0.1, 0.15) is 28.8 Å². The Bertz CT molecular complexity index is 655. The minimum atomic E-state index is -4.84. The highest BCUT2D eigenvalue weighted by Gasteiger charge is 2.41. The summed E-state index contributed by atoms with van der Waals surface area (Å²) in [5.74, 6) is -1.52. The van der Waals surface area contributed by atoms with Gasteiger partial charge in [-0.1, -0.05) is 0 Å². The second-order valence-corrected chi connectivity index (χ2v) is 6.89. The van der Waals surface area contributed by atoms with E-state index in [0.717, 1.165) is 18.9 Å². The highest BCUT2D eigenvalue weighted by atomic mass is 19.4. The first-order chi connectivity index (χ1) is 11.7. The summed E-state index contributed by atoms with van der Waals surface area (Å²) in [4.78, 5) is 15.9. The van der Waals surface area contributed by atoms with Crippen molar-refractivity contribution in [2.45, 2.75) is 31.2 Å². The molecule has 1 amide bonds. The van der Waals surface area contributed by atoms with Crippen molar-refractivity contribution in [1.29, 1.82) is 0 Å². The van der Waals surface area contributed by atoms with Crippen molar-refractivity contribution in [3.05, 3.63) is 35.1 Å². The first kappa shape index (κ1) is 18.1. The van der Waals surface area contributed by atoms with Gasteiger partial charge in [0.05, 0.1) is 11.7 Å². The lowest BCUT2D eigenvalue weighted by Gasteiger charge is -2.43. The Morgan fingerprint density at radius 1 is 1.36 bits per heavy atom. The second-order valence-electron chi connectivity index (χ2n) is 6.89. The van der Waals surface area contributed by atoms with Crippen molar-refractivity contribution in [3.63, 3.8) is 0 Å². The molecule has 2 aliphatic rings. The number of halogens is 4. The summed E-state index contributed by atoms with van der Waals surface area (Å²) in [6, 6.07) is 2.41. The Kier molecular flexibility index (Phi) is 4.76. The SMILES string of the molecule is CN(CC(C1CC1)N1CC(O)C1)C(=O)c1ccc(F)c(C(F)(F)F)c1. The third-order valence-corrected chi connectivity index (χ3v) is 4.85. The number of aliphatic hydroxyl groups excluding tert-OH is 1. The normalized spacial score (nSPS) is 20.2.